The Bertz CT molecular complexity index is 293. The van der Waals surface area contributed by atoms with E-state index in [-0.39, 0.29) is 11.8 Å². The van der Waals surface area contributed by atoms with E-state index in [1.54, 1.807) is 0 Å². The summed E-state index contributed by atoms with van der Waals surface area (Å²) in [5.74, 6) is 0.0920. The standard InChI is InChI=1S/C10H15NOS/c1-3-4-8(11)9(12)10-7(2)5-6-13-10/h5-6,8H,3-4,11H2,1-2H3. The minimum atomic E-state index is -0.317. The van der Waals surface area contributed by atoms with Crippen LogP contribution in [0.25, 0.3) is 0 Å². The van der Waals surface area contributed by atoms with Crippen LogP contribution in [-0.4, -0.2) is 11.8 Å². The molecule has 0 bridgehead atoms. The Morgan fingerprint density at radius 3 is 2.85 bits per heavy atom. The third-order valence-corrected chi connectivity index (χ3v) is 3.05. The number of Topliss-reactive ketones (excluding diaryl/α,β-unsaturated/α-hetero) is 1. The van der Waals surface area contributed by atoms with Crippen molar-refractivity contribution in [3.05, 3.63) is 21.9 Å². The van der Waals surface area contributed by atoms with Crippen molar-refractivity contribution in [2.24, 2.45) is 5.73 Å². The van der Waals surface area contributed by atoms with Gasteiger partial charge in [-0.25, -0.2) is 0 Å². The van der Waals surface area contributed by atoms with Gasteiger partial charge in [0.05, 0.1) is 10.9 Å². The Kier molecular flexibility index (Phi) is 3.63. The first-order chi connectivity index (χ1) is 6.16. The molecule has 2 nitrogen and oxygen atoms in total. The van der Waals surface area contributed by atoms with Gasteiger partial charge in [0, 0.05) is 0 Å². The molecule has 0 aliphatic rings. The predicted molar refractivity (Wildman–Crippen MR) is 56.3 cm³/mol. The summed E-state index contributed by atoms with van der Waals surface area (Å²) in [6, 6.07) is 1.64. The van der Waals surface area contributed by atoms with Crippen LogP contribution in [0.3, 0.4) is 0 Å². The van der Waals surface area contributed by atoms with Crippen molar-refractivity contribution in [3.63, 3.8) is 0 Å². The van der Waals surface area contributed by atoms with Gasteiger partial charge in [-0.15, -0.1) is 11.3 Å². The van der Waals surface area contributed by atoms with Crippen molar-refractivity contribution in [3.8, 4) is 0 Å². The number of thiophene rings is 1. The number of ketones is 1. The number of carbonyl (C=O) groups is 1. The summed E-state index contributed by atoms with van der Waals surface area (Å²) < 4.78 is 0. The highest BCUT2D eigenvalue weighted by atomic mass is 32.1. The molecular formula is C10H15NOS. The van der Waals surface area contributed by atoms with Crippen LogP contribution in [0.15, 0.2) is 11.4 Å². The molecule has 1 aromatic heterocycles. The van der Waals surface area contributed by atoms with Crippen molar-refractivity contribution >= 4 is 17.1 Å². The smallest absolute Gasteiger partial charge is 0.189 e. The average molecular weight is 197 g/mol. The Morgan fingerprint density at radius 1 is 1.69 bits per heavy atom. The molecule has 0 radical (unpaired) electrons. The van der Waals surface area contributed by atoms with E-state index in [1.165, 1.54) is 11.3 Å². The largest absolute Gasteiger partial charge is 0.321 e. The summed E-state index contributed by atoms with van der Waals surface area (Å²) in [6.07, 6.45) is 1.73. The Morgan fingerprint density at radius 2 is 2.38 bits per heavy atom. The summed E-state index contributed by atoms with van der Waals surface area (Å²) in [7, 11) is 0. The SMILES string of the molecule is CCCC(N)C(=O)c1sccc1C. The fraction of sp³-hybridized carbons (Fsp3) is 0.500. The van der Waals surface area contributed by atoms with Crippen molar-refractivity contribution in [1.82, 2.24) is 0 Å². The van der Waals surface area contributed by atoms with Crippen LogP contribution in [0.4, 0.5) is 0 Å². The van der Waals surface area contributed by atoms with Crippen LogP contribution in [0.1, 0.15) is 35.0 Å². The highest BCUT2D eigenvalue weighted by Crippen LogP contribution is 2.18. The van der Waals surface area contributed by atoms with E-state index in [4.69, 9.17) is 5.73 Å². The van der Waals surface area contributed by atoms with Gasteiger partial charge in [0.1, 0.15) is 0 Å². The molecule has 0 fully saturated rings. The molecule has 1 rings (SSSR count). The summed E-state index contributed by atoms with van der Waals surface area (Å²) in [6.45, 7) is 3.98. The van der Waals surface area contributed by atoms with Gasteiger partial charge in [-0.3, -0.25) is 4.79 Å². The maximum absolute atomic E-state index is 11.7. The van der Waals surface area contributed by atoms with Gasteiger partial charge in [0.2, 0.25) is 0 Å². The quantitative estimate of drug-likeness (QED) is 0.753. The normalized spacial score (nSPS) is 12.8. The molecule has 13 heavy (non-hydrogen) atoms. The fourth-order valence-electron chi connectivity index (χ4n) is 1.24. The number of hydrogen-bond acceptors (Lipinski definition) is 3. The van der Waals surface area contributed by atoms with Crippen LogP contribution in [0, 0.1) is 6.92 Å². The monoisotopic (exact) mass is 197 g/mol. The predicted octanol–water partition coefficient (Wildman–Crippen LogP) is 2.37. The second-order valence-corrected chi connectivity index (χ2v) is 4.11. The molecule has 0 aliphatic heterocycles. The van der Waals surface area contributed by atoms with Crippen molar-refractivity contribution < 1.29 is 4.79 Å². The first-order valence-electron chi connectivity index (χ1n) is 4.50. The molecule has 1 heterocycles. The van der Waals surface area contributed by atoms with Gasteiger partial charge in [0.15, 0.2) is 5.78 Å². The highest BCUT2D eigenvalue weighted by molar-refractivity contribution is 7.12. The third-order valence-electron chi connectivity index (χ3n) is 2.02. The molecule has 1 unspecified atom stereocenters. The van der Waals surface area contributed by atoms with Crippen molar-refractivity contribution in [2.45, 2.75) is 32.7 Å². The van der Waals surface area contributed by atoms with Crippen LogP contribution < -0.4 is 5.73 Å². The average Bonchev–Trinajstić information content (AvgIpc) is 2.50. The van der Waals surface area contributed by atoms with E-state index in [2.05, 4.69) is 0 Å². The van der Waals surface area contributed by atoms with E-state index in [0.717, 1.165) is 23.3 Å². The Hall–Kier alpha value is -0.670. The van der Waals surface area contributed by atoms with Gasteiger partial charge in [0.25, 0.3) is 0 Å². The maximum Gasteiger partial charge on any atom is 0.189 e. The molecular weight excluding hydrogens is 182 g/mol. The molecule has 0 saturated carbocycles. The van der Waals surface area contributed by atoms with Crippen molar-refractivity contribution in [2.75, 3.05) is 0 Å². The van der Waals surface area contributed by atoms with Crippen LogP contribution in [0.5, 0.6) is 0 Å². The molecule has 3 heteroatoms. The van der Waals surface area contributed by atoms with Crippen LogP contribution in [0.2, 0.25) is 0 Å². The molecule has 0 aliphatic carbocycles. The lowest BCUT2D eigenvalue weighted by Crippen LogP contribution is -2.29. The van der Waals surface area contributed by atoms with E-state index in [9.17, 15) is 4.79 Å². The lowest BCUT2D eigenvalue weighted by Gasteiger charge is -2.07. The molecule has 0 amide bonds. The van der Waals surface area contributed by atoms with E-state index < -0.39 is 0 Å². The number of rotatable bonds is 4. The first-order valence-corrected chi connectivity index (χ1v) is 5.38. The lowest BCUT2D eigenvalue weighted by molar-refractivity contribution is 0.0960. The molecule has 1 atom stereocenters. The van der Waals surface area contributed by atoms with Gasteiger partial charge in [-0.05, 0) is 30.4 Å². The highest BCUT2D eigenvalue weighted by Gasteiger charge is 2.17. The third kappa shape index (κ3) is 2.39. The number of hydrogen-bond donors (Lipinski definition) is 1. The van der Waals surface area contributed by atoms with E-state index in [1.807, 2.05) is 25.3 Å². The van der Waals surface area contributed by atoms with Crippen LogP contribution >= 0.6 is 11.3 Å². The molecule has 1 aromatic rings. The Labute approximate surface area is 82.8 Å². The minimum Gasteiger partial charge on any atom is -0.321 e. The van der Waals surface area contributed by atoms with Gasteiger partial charge in [-0.2, -0.15) is 0 Å². The fourth-order valence-corrected chi connectivity index (χ4v) is 2.17. The van der Waals surface area contributed by atoms with Gasteiger partial charge >= 0.3 is 0 Å². The topological polar surface area (TPSA) is 43.1 Å². The summed E-state index contributed by atoms with van der Waals surface area (Å²) in [4.78, 5) is 12.5. The lowest BCUT2D eigenvalue weighted by atomic mass is 10.1. The minimum absolute atomic E-state index is 0.0920. The zero-order valence-electron chi connectivity index (χ0n) is 8.04. The van der Waals surface area contributed by atoms with E-state index in [0.29, 0.717) is 0 Å². The zero-order valence-corrected chi connectivity index (χ0v) is 8.86. The molecule has 72 valence electrons. The summed E-state index contributed by atoms with van der Waals surface area (Å²) in [5.41, 5.74) is 6.79. The summed E-state index contributed by atoms with van der Waals surface area (Å²) >= 11 is 1.48. The first kappa shape index (κ1) is 10.4. The zero-order chi connectivity index (χ0) is 9.84. The summed E-state index contributed by atoms with van der Waals surface area (Å²) in [5, 5.41) is 1.93. The number of nitrogens with two attached hydrogens (primary N) is 1. The molecule has 0 spiro atoms. The van der Waals surface area contributed by atoms with Crippen molar-refractivity contribution in [1.29, 1.82) is 0 Å². The number of carbonyl (C=O) groups excluding carboxylic acids is 1. The second kappa shape index (κ2) is 4.53. The molecule has 0 aromatic carbocycles. The van der Waals surface area contributed by atoms with Gasteiger partial charge in [-0.1, -0.05) is 13.3 Å². The molecule has 0 saturated heterocycles. The van der Waals surface area contributed by atoms with Crippen LogP contribution in [-0.2, 0) is 0 Å². The van der Waals surface area contributed by atoms with Gasteiger partial charge < -0.3 is 5.73 Å². The number of aryl methyl sites for hydroxylation is 1. The van der Waals surface area contributed by atoms with E-state index >= 15 is 0 Å². The Balaban J connectivity index is 2.73. The second-order valence-electron chi connectivity index (χ2n) is 3.19. The maximum atomic E-state index is 11.7. The molecule has 2 N–H and O–H groups in total.